The molecule has 1 amide bonds. The zero-order chi connectivity index (χ0) is 22.3. The fraction of sp³-hybridized carbons (Fsp3) is 0.478. The summed E-state index contributed by atoms with van der Waals surface area (Å²) in [7, 11) is 0. The monoisotopic (exact) mass is 433 g/mol. The molecule has 30 heavy (non-hydrogen) atoms. The SMILES string of the molecule is CC(C)(C)OC(=O)Oc1cc2c(c3ccccc13)C(CCl)CN2C(=O)OC(C)(C)C. The quantitative estimate of drug-likeness (QED) is 0.319. The number of ether oxygens (including phenoxy) is 3. The zero-order valence-corrected chi connectivity index (χ0v) is 19.0. The van der Waals surface area contributed by atoms with Crippen molar-refractivity contribution in [1.82, 2.24) is 0 Å². The lowest BCUT2D eigenvalue weighted by Gasteiger charge is -2.25. The number of benzene rings is 2. The molecule has 0 saturated carbocycles. The smallest absolute Gasteiger partial charge is 0.443 e. The third-order valence-electron chi connectivity index (χ3n) is 4.51. The van der Waals surface area contributed by atoms with Gasteiger partial charge in [0.25, 0.3) is 0 Å². The second-order valence-electron chi connectivity index (χ2n) is 9.36. The van der Waals surface area contributed by atoms with Gasteiger partial charge in [0.2, 0.25) is 0 Å². The lowest BCUT2D eigenvalue weighted by molar-refractivity contribution is 0.0209. The molecule has 0 N–H and O–H groups in total. The number of fused-ring (bicyclic) bond motifs is 3. The van der Waals surface area contributed by atoms with Crippen molar-refractivity contribution in [2.45, 2.75) is 58.7 Å². The van der Waals surface area contributed by atoms with E-state index in [1.54, 1.807) is 31.7 Å². The van der Waals surface area contributed by atoms with Gasteiger partial charge in [0.1, 0.15) is 17.0 Å². The number of carbonyl (C=O) groups excluding carboxylic acids is 2. The highest BCUT2D eigenvalue weighted by Crippen LogP contribution is 2.46. The number of hydrogen-bond acceptors (Lipinski definition) is 5. The van der Waals surface area contributed by atoms with Gasteiger partial charge in [-0.3, -0.25) is 4.90 Å². The Kier molecular flexibility index (Phi) is 5.92. The molecule has 1 aliphatic heterocycles. The fourth-order valence-electron chi connectivity index (χ4n) is 3.47. The van der Waals surface area contributed by atoms with E-state index in [9.17, 15) is 9.59 Å². The van der Waals surface area contributed by atoms with Crippen LogP contribution in [0.5, 0.6) is 5.75 Å². The van der Waals surface area contributed by atoms with Crippen LogP contribution >= 0.6 is 11.6 Å². The van der Waals surface area contributed by atoms with E-state index in [1.807, 2.05) is 45.0 Å². The number of alkyl halides is 1. The van der Waals surface area contributed by atoms with Gasteiger partial charge in [0.15, 0.2) is 0 Å². The number of hydrogen-bond donors (Lipinski definition) is 0. The van der Waals surface area contributed by atoms with Crippen molar-refractivity contribution in [3.8, 4) is 5.75 Å². The average Bonchev–Trinajstić information content (AvgIpc) is 2.97. The minimum Gasteiger partial charge on any atom is -0.443 e. The summed E-state index contributed by atoms with van der Waals surface area (Å²) >= 11 is 6.25. The zero-order valence-electron chi connectivity index (χ0n) is 18.2. The Morgan fingerprint density at radius 1 is 1.03 bits per heavy atom. The number of amides is 1. The van der Waals surface area contributed by atoms with E-state index in [-0.39, 0.29) is 5.92 Å². The van der Waals surface area contributed by atoms with Crippen LogP contribution in [0.25, 0.3) is 10.8 Å². The molecule has 1 aliphatic rings. The maximum atomic E-state index is 12.9. The summed E-state index contributed by atoms with van der Waals surface area (Å²) in [5.41, 5.74) is 0.258. The number of rotatable bonds is 2. The molecule has 0 radical (unpaired) electrons. The maximum absolute atomic E-state index is 12.9. The van der Waals surface area contributed by atoms with Crippen molar-refractivity contribution in [3.63, 3.8) is 0 Å². The van der Waals surface area contributed by atoms with Gasteiger partial charge in [-0.25, -0.2) is 9.59 Å². The van der Waals surface area contributed by atoms with E-state index in [2.05, 4.69) is 0 Å². The van der Waals surface area contributed by atoms with Gasteiger partial charge in [-0.2, -0.15) is 0 Å². The van der Waals surface area contributed by atoms with E-state index in [0.29, 0.717) is 23.9 Å². The molecular weight excluding hydrogens is 406 g/mol. The third kappa shape index (κ3) is 4.81. The second-order valence-corrected chi connectivity index (χ2v) is 9.67. The van der Waals surface area contributed by atoms with Crippen LogP contribution in [-0.4, -0.2) is 35.9 Å². The molecule has 0 saturated heterocycles. The summed E-state index contributed by atoms with van der Waals surface area (Å²) < 4.78 is 16.4. The van der Waals surface area contributed by atoms with Gasteiger partial charge in [0.05, 0.1) is 5.69 Å². The third-order valence-corrected chi connectivity index (χ3v) is 4.88. The van der Waals surface area contributed by atoms with Gasteiger partial charge in [-0.1, -0.05) is 24.3 Å². The van der Waals surface area contributed by atoms with Crippen LogP contribution in [-0.2, 0) is 9.47 Å². The summed E-state index contributed by atoms with van der Waals surface area (Å²) in [6.45, 7) is 11.2. The molecule has 2 aromatic carbocycles. The van der Waals surface area contributed by atoms with Crippen molar-refractivity contribution < 1.29 is 23.8 Å². The molecule has 3 rings (SSSR count). The van der Waals surface area contributed by atoms with Crippen molar-refractivity contribution in [2.75, 3.05) is 17.3 Å². The molecule has 2 aromatic rings. The van der Waals surface area contributed by atoms with E-state index in [0.717, 1.165) is 16.3 Å². The average molecular weight is 434 g/mol. The van der Waals surface area contributed by atoms with Crippen molar-refractivity contribution in [1.29, 1.82) is 0 Å². The van der Waals surface area contributed by atoms with Gasteiger partial charge >= 0.3 is 12.2 Å². The highest BCUT2D eigenvalue weighted by Gasteiger charge is 2.37. The standard InChI is InChI=1S/C23H28ClNO5/c1-22(2,3)29-20(26)25-13-14(12-24)19-16-10-8-7-9-15(16)18(11-17(19)25)28-21(27)30-23(4,5)6/h7-11,14H,12-13H2,1-6H3. The van der Waals surface area contributed by atoms with Crippen LogP contribution in [0.3, 0.4) is 0 Å². The van der Waals surface area contributed by atoms with E-state index in [4.69, 9.17) is 25.8 Å². The Balaban J connectivity index is 2.09. The first-order chi connectivity index (χ1) is 13.9. The number of nitrogens with zero attached hydrogens (tertiary/aromatic N) is 1. The normalized spacial score (nSPS) is 16.4. The van der Waals surface area contributed by atoms with E-state index in [1.165, 1.54) is 0 Å². The maximum Gasteiger partial charge on any atom is 0.514 e. The summed E-state index contributed by atoms with van der Waals surface area (Å²) in [6, 6.07) is 9.28. The van der Waals surface area contributed by atoms with E-state index < -0.39 is 23.5 Å². The number of anilines is 1. The molecule has 162 valence electrons. The summed E-state index contributed by atoms with van der Waals surface area (Å²) in [5, 5.41) is 1.63. The molecule has 0 aromatic heterocycles. The molecule has 1 atom stereocenters. The minimum atomic E-state index is -0.802. The highest BCUT2D eigenvalue weighted by molar-refractivity contribution is 6.19. The fourth-order valence-corrected chi connectivity index (χ4v) is 3.73. The number of halogens is 1. The Morgan fingerprint density at radius 2 is 1.63 bits per heavy atom. The Bertz CT molecular complexity index is 974. The van der Waals surface area contributed by atoms with Gasteiger partial charge in [-0.05, 0) is 52.5 Å². The molecular formula is C23H28ClNO5. The molecule has 1 heterocycles. The van der Waals surface area contributed by atoms with Crippen LogP contribution in [0, 0.1) is 0 Å². The summed E-state index contributed by atoms with van der Waals surface area (Å²) in [4.78, 5) is 26.8. The molecule has 0 bridgehead atoms. The van der Waals surface area contributed by atoms with E-state index >= 15 is 0 Å². The first-order valence-corrected chi connectivity index (χ1v) is 10.5. The Hall–Kier alpha value is -2.47. The largest absolute Gasteiger partial charge is 0.514 e. The van der Waals surface area contributed by atoms with Gasteiger partial charge < -0.3 is 14.2 Å². The van der Waals surface area contributed by atoms with Gasteiger partial charge in [0, 0.05) is 29.8 Å². The molecule has 0 spiro atoms. The number of carbonyl (C=O) groups is 2. The van der Waals surface area contributed by atoms with Gasteiger partial charge in [-0.15, -0.1) is 11.6 Å². The molecule has 7 heteroatoms. The highest BCUT2D eigenvalue weighted by atomic mass is 35.5. The van der Waals surface area contributed by atoms with Crippen LogP contribution in [0.1, 0.15) is 53.0 Å². The molecule has 0 aliphatic carbocycles. The summed E-state index contributed by atoms with van der Waals surface area (Å²) in [6.07, 6.45) is -1.27. The predicted molar refractivity (Wildman–Crippen MR) is 118 cm³/mol. The van der Waals surface area contributed by atoms with Crippen LogP contribution in [0.2, 0.25) is 0 Å². The molecule has 0 fully saturated rings. The molecule has 6 nitrogen and oxygen atoms in total. The van der Waals surface area contributed by atoms with Crippen molar-refractivity contribution >= 4 is 40.3 Å². The lowest BCUT2D eigenvalue weighted by Crippen LogP contribution is -2.36. The second kappa shape index (κ2) is 7.99. The summed E-state index contributed by atoms with van der Waals surface area (Å²) in [5.74, 6) is 0.611. The first-order valence-electron chi connectivity index (χ1n) is 9.92. The van der Waals surface area contributed by atoms with Crippen LogP contribution in [0.4, 0.5) is 15.3 Å². The van der Waals surface area contributed by atoms with Crippen molar-refractivity contribution in [3.05, 3.63) is 35.9 Å². The Morgan fingerprint density at radius 3 is 2.20 bits per heavy atom. The molecule has 1 unspecified atom stereocenters. The topological polar surface area (TPSA) is 65.1 Å². The van der Waals surface area contributed by atoms with Crippen LogP contribution < -0.4 is 9.64 Å². The van der Waals surface area contributed by atoms with Crippen molar-refractivity contribution in [2.24, 2.45) is 0 Å². The lowest BCUT2D eigenvalue weighted by atomic mass is 9.95. The minimum absolute atomic E-state index is 0.0605. The van der Waals surface area contributed by atoms with Crippen LogP contribution in [0.15, 0.2) is 30.3 Å². The first kappa shape index (κ1) is 22.2. The Labute approximate surface area is 182 Å². The predicted octanol–water partition coefficient (Wildman–Crippen LogP) is 6.23.